The van der Waals surface area contributed by atoms with Crippen LogP contribution >= 0.6 is 6.72 Å². The summed E-state index contributed by atoms with van der Waals surface area (Å²) in [5, 5.41) is 0. The minimum Gasteiger partial charge on any atom is -0.323 e. The van der Waals surface area contributed by atoms with E-state index in [1.807, 2.05) is 6.92 Å². The molecule has 0 bridgehead atoms. The van der Waals surface area contributed by atoms with Crippen molar-refractivity contribution in [3.8, 4) is 0 Å². The smallest absolute Gasteiger partial charge is 0.323 e. The van der Waals surface area contributed by atoms with Gasteiger partial charge in [0.2, 0.25) is 0 Å². The molecule has 0 rings (SSSR count). The van der Waals surface area contributed by atoms with Crippen LogP contribution in [0, 0.1) is 0 Å². The first-order chi connectivity index (χ1) is 6.62. The molecule has 0 aliphatic rings. The van der Waals surface area contributed by atoms with E-state index in [-0.39, 0.29) is 0 Å². The highest BCUT2D eigenvalue weighted by atomic mass is 32.5. The van der Waals surface area contributed by atoms with Crippen LogP contribution in [-0.4, -0.2) is 18.1 Å². The predicted molar refractivity (Wildman–Crippen MR) is 59.3 cm³/mol. The number of hydrogen-bond donors (Lipinski definition) is 1. The first kappa shape index (κ1) is 14.5. The third-order valence-electron chi connectivity index (χ3n) is 1.44. The second-order valence-corrected chi connectivity index (χ2v) is 5.63. The predicted octanol–water partition coefficient (Wildman–Crippen LogP) is 2.77. The van der Waals surface area contributed by atoms with Crippen molar-refractivity contribution in [2.24, 2.45) is 0 Å². The lowest BCUT2D eigenvalue weighted by Gasteiger charge is -2.13. The summed E-state index contributed by atoms with van der Waals surface area (Å²) in [5.74, 6) is 0. The normalized spacial score (nSPS) is 15.4. The fraction of sp³-hybridized carbons (Fsp3) is 1.00. The van der Waals surface area contributed by atoms with Crippen molar-refractivity contribution < 1.29 is 19.0 Å². The minimum atomic E-state index is -3.15. The summed E-state index contributed by atoms with van der Waals surface area (Å²) in [6.07, 6.45) is 3.85. The Labute approximate surface area is 90.7 Å². The molecule has 6 heteroatoms. The van der Waals surface area contributed by atoms with Crippen molar-refractivity contribution >= 4 is 18.5 Å². The lowest BCUT2D eigenvalue weighted by Crippen LogP contribution is -1.98. The van der Waals surface area contributed by atoms with E-state index in [4.69, 9.17) is 16.3 Å². The maximum atomic E-state index is 9.40. The Morgan fingerprint density at radius 3 is 2.43 bits per heavy atom. The molecule has 4 nitrogen and oxygen atoms in total. The van der Waals surface area contributed by atoms with Crippen molar-refractivity contribution in [1.82, 2.24) is 0 Å². The molecule has 14 heavy (non-hydrogen) atoms. The van der Waals surface area contributed by atoms with Gasteiger partial charge in [-0.25, -0.2) is 4.89 Å². The molecule has 1 atom stereocenters. The van der Waals surface area contributed by atoms with Crippen LogP contribution < -0.4 is 0 Å². The van der Waals surface area contributed by atoms with Crippen molar-refractivity contribution in [3.63, 3.8) is 0 Å². The largest absolute Gasteiger partial charge is 0.353 e. The SMILES string of the molecule is CCCCCOP(O)(=S)OOCCC. The molecule has 86 valence electrons. The quantitative estimate of drug-likeness (QED) is 0.291. The molecule has 0 saturated carbocycles. The van der Waals surface area contributed by atoms with Gasteiger partial charge in [-0.05, 0) is 24.6 Å². The van der Waals surface area contributed by atoms with E-state index in [0.29, 0.717) is 13.2 Å². The van der Waals surface area contributed by atoms with Gasteiger partial charge in [0.05, 0.1) is 13.2 Å². The summed E-state index contributed by atoms with van der Waals surface area (Å²) in [7, 11) is 0. The van der Waals surface area contributed by atoms with Gasteiger partial charge in [0, 0.05) is 0 Å². The van der Waals surface area contributed by atoms with Crippen LogP contribution in [0.3, 0.4) is 0 Å². The lowest BCUT2D eigenvalue weighted by atomic mass is 10.3. The van der Waals surface area contributed by atoms with E-state index in [2.05, 4.69) is 16.5 Å². The van der Waals surface area contributed by atoms with Crippen LogP contribution in [-0.2, 0) is 25.9 Å². The van der Waals surface area contributed by atoms with Crippen molar-refractivity contribution in [3.05, 3.63) is 0 Å². The summed E-state index contributed by atoms with van der Waals surface area (Å²) in [6.45, 7) is 1.72. The third kappa shape index (κ3) is 9.06. The van der Waals surface area contributed by atoms with Gasteiger partial charge < -0.3 is 9.42 Å². The molecule has 0 amide bonds. The summed E-state index contributed by atoms with van der Waals surface area (Å²) in [4.78, 5) is 14.1. The molecule has 1 unspecified atom stereocenters. The Hall–Kier alpha value is 0.490. The Morgan fingerprint density at radius 2 is 1.86 bits per heavy atom. The Bertz CT molecular complexity index is 177. The zero-order chi connectivity index (χ0) is 10.9. The second-order valence-electron chi connectivity index (χ2n) is 2.91. The van der Waals surface area contributed by atoms with Gasteiger partial charge in [0.15, 0.2) is 0 Å². The van der Waals surface area contributed by atoms with Gasteiger partial charge >= 0.3 is 6.72 Å². The Morgan fingerprint density at radius 1 is 1.14 bits per heavy atom. The highest BCUT2D eigenvalue weighted by Gasteiger charge is 2.15. The van der Waals surface area contributed by atoms with Crippen LogP contribution in [0.25, 0.3) is 0 Å². The first-order valence-corrected chi connectivity index (χ1v) is 7.50. The molecule has 0 radical (unpaired) electrons. The second kappa shape index (κ2) is 8.77. The number of hydrogen-bond acceptors (Lipinski definition) is 4. The zero-order valence-electron chi connectivity index (χ0n) is 8.77. The highest BCUT2D eigenvalue weighted by molar-refractivity contribution is 8.07. The number of unbranched alkanes of at least 4 members (excludes halogenated alkanes) is 2. The summed E-state index contributed by atoms with van der Waals surface area (Å²) < 4.78 is 9.62. The molecule has 0 spiro atoms. The monoisotopic (exact) mass is 242 g/mol. The zero-order valence-corrected chi connectivity index (χ0v) is 10.5. The van der Waals surface area contributed by atoms with E-state index in [1.165, 1.54) is 0 Å². The van der Waals surface area contributed by atoms with Crippen LogP contribution in [0.1, 0.15) is 39.5 Å². The standard InChI is InChI=1S/C8H19O4PS/c1-3-5-6-8-11-13(9,14)12-10-7-4-2/h3-8H2,1-2H3,(H,9,14). The topological polar surface area (TPSA) is 47.9 Å². The third-order valence-corrected chi connectivity index (χ3v) is 2.74. The molecule has 0 saturated heterocycles. The van der Waals surface area contributed by atoms with Crippen LogP contribution in [0.4, 0.5) is 0 Å². The molecular weight excluding hydrogens is 223 g/mol. The molecule has 1 N–H and O–H groups in total. The van der Waals surface area contributed by atoms with Crippen LogP contribution in [0.15, 0.2) is 0 Å². The minimum absolute atomic E-state index is 0.414. The van der Waals surface area contributed by atoms with Crippen LogP contribution in [0.2, 0.25) is 0 Å². The van der Waals surface area contributed by atoms with Gasteiger partial charge in [-0.1, -0.05) is 26.7 Å². The maximum absolute atomic E-state index is 9.40. The van der Waals surface area contributed by atoms with Gasteiger partial charge in [0.1, 0.15) is 0 Å². The molecule has 0 aromatic carbocycles. The maximum Gasteiger partial charge on any atom is 0.353 e. The fourth-order valence-electron chi connectivity index (χ4n) is 0.741. The first-order valence-electron chi connectivity index (χ1n) is 4.91. The summed E-state index contributed by atoms with van der Waals surface area (Å²) in [6, 6.07) is 0. The van der Waals surface area contributed by atoms with Crippen molar-refractivity contribution in [2.45, 2.75) is 39.5 Å². The van der Waals surface area contributed by atoms with Crippen molar-refractivity contribution in [1.29, 1.82) is 0 Å². The average Bonchev–Trinajstić information content (AvgIpc) is 2.13. The van der Waals surface area contributed by atoms with Gasteiger partial charge in [-0.15, -0.1) is 4.67 Å². The number of rotatable bonds is 9. The van der Waals surface area contributed by atoms with E-state index in [1.54, 1.807) is 0 Å². The molecular formula is C8H19O4PS. The van der Waals surface area contributed by atoms with E-state index in [9.17, 15) is 4.89 Å². The Balaban J connectivity index is 3.46. The molecule has 0 aromatic heterocycles. The molecule has 0 aromatic rings. The van der Waals surface area contributed by atoms with E-state index < -0.39 is 6.72 Å². The van der Waals surface area contributed by atoms with Gasteiger partial charge in [0.25, 0.3) is 0 Å². The van der Waals surface area contributed by atoms with E-state index in [0.717, 1.165) is 25.7 Å². The molecule has 0 heterocycles. The van der Waals surface area contributed by atoms with Gasteiger partial charge in [-0.2, -0.15) is 0 Å². The van der Waals surface area contributed by atoms with Crippen molar-refractivity contribution in [2.75, 3.05) is 13.2 Å². The summed E-state index contributed by atoms with van der Waals surface area (Å²) in [5.41, 5.74) is 0. The highest BCUT2D eigenvalue weighted by Crippen LogP contribution is 2.43. The molecule has 0 aliphatic heterocycles. The van der Waals surface area contributed by atoms with E-state index >= 15 is 0 Å². The Kier molecular flexibility index (Phi) is 9.08. The molecule has 0 aliphatic carbocycles. The molecule has 0 fully saturated rings. The van der Waals surface area contributed by atoms with Gasteiger partial charge in [-0.3, -0.25) is 0 Å². The lowest BCUT2D eigenvalue weighted by molar-refractivity contribution is -0.216. The van der Waals surface area contributed by atoms with Crippen LogP contribution in [0.5, 0.6) is 0 Å². The average molecular weight is 242 g/mol. The fourth-order valence-corrected chi connectivity index (χ4v) is 1.70. The summed E-state index contributed by atoms with van der Waals surface area (Å²) >= 11 is 4.70.